The summed E-state index contributed by atoms with van der Waals surface area (Å²) in [5, 5.41) is 2.12. The van der Waals surface area contributed by atoms with E-state index in [4.69, 9.17) is 10.6 Å². The fraction of sp³-hybridized carbons (Fsp3) is 0.250. The molecule has 108 valence electrons. The fourth-order valence-electron chi connectivity index (χ4n) is 2.42. The van der Waals surface area contributed by atoms with E-state index in [-0.39, 0.29) is 6.04 Å². The molecule has 0 saturated heterocycles. The Hall–Kier alpha value is -1.40. The summed E-state index contributed by atoms with van der Waals surface area (Å²) in [6, 6.07) is 12.6. The maximum absolute atomic E-state index is 5.88. The molecule has 0 radical (unpaired) electrons. The van der Waals surface area contributed by atoms with Gasteiger partial charge in [-0.3, -0.25) is 5.84 Å². The molecule has 1 aromatic carbocycles. The van der Waals surface area contributed by atoms with Gasteiger partial charge in [0.1, 0.15) is 5.75 Å². The second kappa shape index (κ2) is 5.42. The molecule has 2 heterocycles. The molecule has 1 saturated carbocycles. The lowest BCUT2D eigenvalue weighted by atomic mass is 10.1. The van der Waals surface area contributed by atoms with E-state index < -0.39 is 0 Å². The Morgan fingerprint density at radius 1 is 1.19 bits per heavy atom. The Labute approximate surface area is 131 Å². The van der Waals surface area contributed by atoms with E-state index in [9.17, 15) is 0 Å². The minimum Gasteiger partial charge on any atom is -0.490 e. The summed E-state index contributed by atoms with van der Waals surface area (Å²) in [5.41, 5.74) is 4.08. The van der Waals surface area contributed by atoms with Crippen LogP contribution in [0.3, 0.4) is 0 Å². The van der Waals surface area contributed by atoms with Crippen LogP contribution in [0.2, 0.25) is 0 Å². The van der Waals surface area contributed by atoms with Gasteiger partial charge in [0.2, 0.25) is 0 Å². The average molecular weight is 316 g/mol. The third-order valence-electron chi connectivity index (χ3n) is 3.63. The van der Waals surface area contributed by atoms with Gasteiger partial charge in [-0.2, -0.15) is 0 Å². The van der Waals surface area contributed by atoms with Crippen molar-refractivity contribution in [2.45, 2.75) is 25.0 Å². The summed E-state index contributed by atoms with van der Waals surface area (Å²) in [6.07, 6.45) is 2.75. The maximum atomic E-state index is 5.88. The summed E-state index contributed by atoms with van der Waals surface area (Å²) in [7, 11) is 0. The highest BCUT2D eigenvalue weighted by Gasteiger charge is 2.24. The van der Waals surface area contributed by atoms with Crippen LogP contribution in [-0.2, 0) is 0 Å². The number of nitrogens with two attached hydrogens (primary N) is 1. The number of thiophene rings is 2. The molecule has 21 heavy (non-hydrogen) atoms. The van der Waals surface area contributed by atoms with Crippen molar-refractivity contribution in [3.63, 3.8) is 0 Å². The van der Waals surface area contributed by atoms with Crippen molar-refractivity contribution in [2.24, 2.45) is 5.84 Å². The molecule has 3 N–H and O–H groups in total. The van der Waals surface area contributed by atoms with E-state index in [0.717, 1.165) is 11.3 Å². The Balaban J connectivity index is 1.66. The van der Waals surface area contributed by atoms with Crippen molar-refractivity contribution in [1.82, 2.24) is 5.43 Å². The predicted molar refractivity (Wildman–Crippen MR) is 89.0 cm³/mol. The van der Waals surface area contributed by atoms with Gasteiger partial charge in [0, 0.05) is 14.3 Å². The van der Waals surface area contributed by atoms with Crippen LogP contribution in [0.4, 0.5) is 0 Å². The Bertz CT molecular complexity index is 732. The highest BCUT2D eigenvalue weighted by molar-refractivity contribution is 7.27. The molecular weight excluding hydrogens is 300 g/mol. The lowest BCUT2D eigenvalue weighted by Crippen LogP contribution is -2.28. The Kier molecular flexibility index (Phi) is 3.43. The normalized spacial score (nSPS) is 16.2. The van der Waals surface area contributed by atoms with Crippen molar-refractivity contribution in [2.75, 3.05) is 0 Å². The first-order valence-corrected chi connectivity index (χ1v) is 8.73. The molecule has 0 amide bonds. The van der Waals surface area contributed by atoms with Crippen LogP contribution >= 0.6 is 22.7 Å². The zero-order valence-corrected chi connectivity index (χ0v) is 13.0. The summed E-state index contributed by atoms with van der Waals surface area (Å²) in [5.74, 6) is 6.75. The molecule has 1 unspecified atom stereocenters. The molecule has 1 aliphatic rings. The Morgan fingerprint density at radius 2 is 2.10 bits per heavy atom. The number of benzene rings is 1. The molecular formula is C16H16N2OS2. The second-order valence-electron chi connectivity index (χ2n) is 5.29. The smallest absolute Gasteiger partial charge is 0.120 e. The zero-order valence-electron chi connectivity index (χ0n) is 11.4. The number of ether oxygens (including phenoxy) is 1. The van der Waals surface area contributed by atoms with E-state index in [1.807, 2.05) is 12.1 Å². The number of hydrogen-bond acceptors (Lipinski definition) is 5. The monoisotopic (exact) mass is 316 g/mol. The molecule has 3 aromatic rings. The Morgan fingerprint density at radius 3 is 2.86 bits per heavy atom. The van der Waals surface area contributed by atoms with Crippen LogP contribution in [0.1, 0.15) is 29.3 Å². The predicted octanol–water partition coefficient (Wildman–Crippen LogP) is 4.06. The van der Waals surface area contributed by atoms with Crippen LogP contribution < -0.4 is 16.0 Å². The minimum atomic E-state index is 0.0114. The van der Waals surface area contributed by atoms with Crippen LogP contribution in [0.15, 0.2) is 41.8 Å². The topological polar surface area (TPSA) is 47.3 Å². The molecule has 1 atom stereocenters. The van der Waals surface area contributed by atoms with Gasteiger partial charge in [-0.25, -0.2) is 5.43 Å². The fourth-order valence-corrected chi connectivity index (χ4v) is 4.62. The van der Waals surface area contributed by atoms with Crippen LogP contribution in [-0.4, -0.2) is 6.10 Å². The highest BCUT2D eigenvalue weighted by atomic mass is 32.1. The van der Waals surface area contributed by atoms with E-state index in [1.54, 1.807) is 22.7 Å². The summed E-state index contributed by atoms with van der Waals surface area (Å²) >= 11 is 3.56. The van der Waals surface area contributed by atoms with Gasteiger partial charge in [-0.05, 0) is 48.1 Å². The van der Waals surface area contributed by atoms with Crippen molar-refractivity contribution in [1.29, 1.82) is 0 Å². The molecule has 3 nitrogen and oxygen atoms in total. The summed E-state index contributed by atoms with van der Waals surface area (Å²) < 4.78 is 8.52. The van der Waals surface area contributed by atoms with E-state index in [1.165, 1.54) is 27.1 Å². The molecule has 1 aliphatic carbocycles. The first-order chi connectivity index (χ1) is 10.3. The van der Waals surface area contributed by atoms with Gasteiger partial charge >= 0.3 is 0 Å². The van der Waals surface area contributed by atoms with Crippen LogP contribution in [0, 0.1) is 0 Å². The molecule has 4 rings (SSSR count). The van der Waals surface area contributed by atoms with E-state index in [0.29, 0.717) is 6.10 Å². The first-order valence-electron chi connectivity index (χ1n) is 7.03. The average Bonchev–Trinajstić information content (AvgIpc) is 3.04. The zero-order chi connectivity index (χ0) is 14.2. The van der Waals surface area contributed by atoms with Gasteiger partial charge < -0.3 is 4.74 Å². The van der Waals surface area contributed by atoms with Gasteiger partial charge in [-0.1, -0.05) is 12.1 Å². The molecule has 2 aromatic heterocycles. The van der Waals surface area contributed by atoms with Gasteiger partial charge in [-0.15, -0.1) is 22.7 Å². The van der Waals surface area contributed by atoms with E-state index >= 15 is 0 Å². The molecule has 5 heteroatoms. The number of nitrogens with one attached hydrogen (secondary N) is 1. The van der Waals surface area contributed by atoms with Crippen LogP contribution in [0.5, 0.6) is 5.75 Å². The SMILES string of the molecule is NNC(c1cccc(OC2CC2)c1)c1cc2sccc2s1. The van der Waals surface area contributed by atoms with Crippen LogP contribution in [0.25, 0.3) is 9.40 Å². The molecule has 0 aliphatic heterocycles. The maximum Gasteiger partial charge on any atom is 0.120 e. The number of fused-ring (bicyclic) bond motifs is 1. The highest BCUT2D eigenvalue weighted by Crippen LogP contribution is 2.36. The van der Waals surface area contributed by atoms with Crippen molar-refractivity contribution >= 4 is 32.1 Å². The minimum absolute atomic E-state index is 0.0114. The third kappa shape index (κ3) is 2.70. The second-order valence-corrected chi connectivity index (χ2v) is 7.35. The number of hydrazine groups is 1. The molecule has 0 bridgehead atoms. The first kappa shape index (κ1) is 13.3. The molecule has 0 spiro atoms. The van der Waals surface area contributed by atoms with Crippen molar-refractivity contribution < 1.29 is 4.74 Å². The van der Waals surface area contributed by atoms with Gasteiger partial charge in [0.15, 0.2) is 0 Å². The van der Waals surface area contributed by atoms with Crippen molar-refractivity contribution in [3.05, 3.63) is 52.2 Å². The number of rotatable bonds is 5. The largest absolute Gasteiger partial charge is 0.490 e. The van der Waals surface area contributed by atoms with Gasteiger partial charge in [0.25, 0.3) is 0 Å². The van der Waals surface area contributed by atoms with Crippen molar-refractivity contribution in [3.8, 4) is 5.75 Å². The lowest BCUT2D eigenvalue weighted by Gasteiger charge is -2.16. The summed E-state index contributed by atoms with van der Waals surface area (Å²) in [4.78, 5) is 1.24. The van der Waals surface area contributed by atoms with Gasteiger partial charge in [0.05, 0.1) is 12.1 Å². The summed E-state index contributed by atoms with van der Waals surface area (Å²) in [6.45, 7) is 0. The standard InChI is InChI=1S/C16H16N2OS2/c17-18-16(15-9-14-13(21-15)6-7-20-14)10-2-1-3-12(8-10)19-11-4-5-11/h1-3,6-9,11,16,18H,4-5,17H2. The third-order valence-corrected chi connectivity index (χ3v) is 5.79. The lowest BCUT2D eigenvalue weighted by molar-refractivity contribution is 0.302. The van der Waals surface area contributed by atoms with E-state index in [2.05, 4.69) is 35.1 Å². The molecule has 1 fully saturated rings. The quantitative estimate of drug-likeness (QED) is 0.551. The number of hydrogen-bond donors (Lipinski definition) is 2.